The molecule has 0 aliphatic heterocycles. The van der Waals surface area contributed by atoms with Crippen LogP contribution in [0.4, 0.5) is 4.39 Å². The van der Waals surface area contributed by atoms with E-state index < -0.39 is 5.97 Å². The number of ether oxygens (including phenoxy) is 2. The summed E-state index contributed by atoms with van der Waals surface area (Å²) in [5.74, 6) is 0.133. The van der Waals surface area contributed by atoms with Crippen LogP contribution < -0.4 is 9.47 Å². The van der Waals surface area contributed by atoms with E-state index in [2.05, 4.69) is 13.8 Å². The quantitative estimate of drug-likeness (QED) is 0.182. The molecule has 0 saturated carbocycles. The first-order chi connectivity index (χ1) is 14.6. The maximum absolute atomic E-state index is 14.2. The van der Waals surface area contributed by atoms with Gasteiger partial charge >= 0.3 is 5.97 Å². The maximum atomic E-state index is 14.2. The monoisotopic (exact) mass is 414 g/mol. The standard InChI is InChI=1S/C26H35FO3/c1-3-5-7-8-9-11-19-29-23-16-14-22(15-17-23)26(28)30-24-18-13-21(25(27)20-24)12-10-6-4-2/h13-18,20H,3-12,19H2,1-2H3. The molecule has 0 N–H and O–H groups in total. The Balaban J connectivity index is 1.78. The first-order valence-corrected chi connectivity index (χ1v) is 11.4. The molecule has 0 heterocycles. The van der Waals surface area contributed by atoms with E-state index in [1.807, 2.05) is 0 Å². The van der Waals surface area contributed by atoms with Crippen LogP contribution >= 0.6 is 0 Å². The molecule has 0 fully saturated rings. The topological polar surface area (TPSA) is 35.5 Å². The molecule has 164 valence electrons. The molecule has 2 rings (SSSR count). The van der Waals surface area contributed by atoms with Crippen LogP contribution in [0.5, 0.6) is 11.5 Å². The van der Waals surface area contributed by atoms with Crippen LogP contribution in [0, 0.1) is 5.82 Å². The molecule has 3 nitrogen and oxygen atoms in total. The lowest BCUT2D eigenvalue weighted by atomic mass is 10.1. The van der Waals surface area contributed by atoms with Gasteiger partial charge in [0, 0.05) is 6.07 Å². The zero-order valence-electron chi connectivity index (χ0n) is 18.4. The minimum Gasteiger partial charge on any atom is -0.494 e. The lowest BCUT2D eigenvalue weighted by molar-refractivity contribution is 0.0734. The molecule has 2 aromatic rings. The van der Waals surface area contributed by atoms with Crippen LogP contribution in [0.25, 0.3) is 0 Å². The second-order valence-corrected chi connectivity index (χ2v) is 7.74. The average Bonchev–Trinajstić information content (AvgIpc) is 2.75. The Labute approximate surface area is 180 Å². The number of halogens is 1. The first kappa shape index (κ1) is 23.9. The molecule has 0 aromatic heterocycles. The van der Waals surface area contributed by atoms with Gasteiger partial charge in [0.05, 0.1) is 12.2 Å². The lowest BCUT2D eigenvalue weighted by Gasteiger charge is -2.09. The first-order valence-electron chi connectivity index (χ1n) is 11.4. The Morgan fingerprint density at radius 3 is 2.13 bits per heavy atom. The minimum atomic E-state index is -0.504. The van der Waals surface area contributed by atoms with E-state index in [0.717, 1.165) is 31.4 Å². The molecular weight excluding hydrogens is 379 g/mol. The second-order valence-electron chi connectivity index (χ2n) is 7.74. The molecule has 0 amide bonds. The number of hydrogen-bond donors (Lipinski definition) is 0. The molecule has 2 aromatic carbocycles. The van der Waals surface area contributed by atoms with Crippen LogP contribution in [0.1, 0.15) is 87.6 Å². The van der Waals surface area contributed by atoms with Gasteiger partial charge in [-0.05, 0) is 55.2 Å². The number of aryl methyl sites for hydroxylation is 1. The normalized spacial score (nSPS) is 10.8. The van der Waals surface area contributed by atoms with Crippen LogP contribution in [-0.2, 0) is 6.42 Å². The Morgan fingerprint density at radius 2 is 1.43 bits per heavy atom. The number of carbonyl (C=O) groups excluding carboxylic acids is 1. The van der Waals surface area contributed by atoms with Crippen molar-refractivity contribution < 1.29 is 18.7 Å². The minimum absolute atomic E-state index is 0.222. The van der Waals surface area contributed by atoms with Gasteiger partial charge in [-0.3, -0.25) is 0 Å². The molecule has 0 saturated heterocycles. The summed E-state index contributed by atoms with van der Waals surface area (Å²) in [4.78, 5) is 12.3. The molecule has 0 spiro atoms. The van der Waals surface area contributed by atoms with Gasteiger partial charge in [-0.2, -0.15) is 0 Å². The predicted molar refractivity (Wildman–Crippen MR) is 120 cm³/mol. The fraction of sp³-hybridized carbons (Fsp3) is 0.500. The summed E-state index contributed by atoms with van der Waals surface area (Å²) in [5, 5.41) is 0. The Hall–Kier alpha value is -2.36. The van der Waals surface area contributed by atoms with Crippen molar-refractivity contribution in [2.45, 2.75) is 78.1 Å². The Bertz CT molecular complexity index is 755. The summed E-state index contributed by atoms with van der Waals surface area (Å²) in [6, 6.07) is 11.5. The van der Waals surface area contributed by atoms with E-state index >= 15 is 0 Å². The van der Waals surface area contributed by atoms with Crippen LogP contribution in [0.2, 0.25) is 0 Å². The third-order valence-electron chi connectivity index (χ3n) is 5.14. The summed E-state index contributed by atoms with van der Waals surface area (Å²) in [5.41, 5.74) is 1.07. The van der Waals surface area contributed by atoms with E-state index in [1.54, 1.807) is 36.4 Å². The fourth-order valence-electron chi connectivity index (χ4n) is 3.29. The largest absolute Gasteiger partial charge is 0.494 e. The maximum Gasteiger partial charge on any atom is 0.343 e. The van der Waals surface area contributed by atoms with Crippen molar-refractivity contribution in [3.63, 3.8) is 0 Å². The number of hydrogen-bond acceptors (Lipinski definition) is 3. The van der Waals surface area contributed by atoms with Gasteiger partial charge in [0.25, 0.3) is 0 Å². The Morgan fingerprint density at radius 1 is 0.800 bits per heavy atom. The van der Waals surface area contributed by atoms with Crippen molar-refractivity contribution >= 4 is 5.97 Å². The number of esters is 1. The summed E-state index contributed by atoms with van der Waals surface area (Å²) in [6.45, 7) is 5.01. The van der Waals surface area contributed by atoms with Crippen LogP contribution in [-0.4, -0.2) is 12.6 Å². The van der Waals surface area contributed by atoms with Gasteiger partial charge in [-0.15, -0.1) is 0 Å². The molecule has 0 radical (unpaired) electrons. The number of benzene rings is 2. The number of carbonyl (C=O) groups is 1. The highest BCUT2D eigenvalue weighted by molar-refractivity contribution is 5.91. The summed E-state index contributed by atoms with van der Waals surface area (Å²) in [7, 11) is 0. The predicted octanol–water partition coefficient (Wildman–Crippen LogP) is 7.52. The summed E-state index contributed by atoms with van der Waals surface area (Å²) >= 11 is 0. The van der Waals surface area contributed by atoms with E-state index in [4.69, 9.17) is 9.47 Å². The van der Waals surface area contributed by atoms with E-state index in [9.17, 15) is 9.18 Å². The highest BCUT2D eigenvalue weighted by Crippen LogP contribution is 2.21. The number of rotatable bonds is 14. The highest BCUT2D eigenvalue weighted by atomic mass is 19.1. The number of unbranched alkanes of at least 4 members (excludes halogenated alkanes) is 7. The van der Waals surface area contributed by atoms with E-state index in [0.29, 0.717) is 24.2 Å². The van der Waals surface area contributed by atoms with Gasteiger partial charge < -0.3 is 9.47 Å². The van der Waals surface area contributed by atoms with Gasteiger partial charge in [0.15, 0.2) is 0 Å². The van der Waals surface area contributed by atoms with Gasteiger partial charge in [-0.25, -0.2) is 9.18 Å². The molecule has 0 unspecified atom stereocenters. The zero-order valence-corrected chi connectivity index (χ0v) is 18.4. The third-order valence-corrected chi connectivity index (χ3v) is 5.14. The molecule has 4 heteroatoms. The van der Waals surface area contributed by atoms with Crippen molar-refractivity contribution in [3.8, 4) is 11.5 Å². The highest BCUT2D eigenvalue weighted by Gasteiger charge is 2.11. The molecular formula is C26H35FO3. The van der Waals surface area contributed by atoms with E-state index in [1.165, 1.54) is 38.2 Å². The second kappa shape index (κ2) is 13.8. The molecule has 30 heavy (non-hydrogen) atoms. The molecule has 0 bridgehead atoms. The summed E-state index contributed by atoms with van der Waals surface area (Å²) < 4.78 is 25.3. The van der Waals surface area contributed by atoms with Gasteiger partial charge in [0.2, 0.25) is 0 Å². The lowest BCUT2D eigenvalue weighted by Crippen LogP contribution is -2.09. The molecule has 0 aliphatic rings. The van der Waals surface area contributed by atoms with Crippen LogP contribution in [0.15, 0.2) is 42.5 Å². The van der Waals surface area contributed by atoms with Crippen molar-refractivity contribution in [2.24, 2.45) is 0 Å². The SMILES string of the molecule is CCCCCCCCOc1ccc(C(=O)Oc2ccc(CCCCC)c(F)c2)cc1. The van der Waals surface area contributed by atoms with Crippen molar-refractivity contribution in [2.75, 3.05) is 6.61 Å². The van der Waals surface area contributed by atoms with Crippen molar-refractivity contribution in [1.29, 1.82) is 0 Å². The van der Waals surface area contributed by atoms with Crippen LogP contribution in [0.3, 0.4) is 0 Å². The zero-order chi connectivity index (χ0) is 21.6. The van der Waals surface area contributed by atoms with Crippen molar-refractivity contribution in [3.05, 3.63) is 59.4 Å². The van der Waals surface area contributed by atoms with Crippen molar-refractivity contribution in [1.82, 2.24) is 0 Å². The Kier molecular flexibility index (Phi) is 11.0. The molecule has 0 aliphatic carbocycles. The third kappa shape index (κ3) is 8.56. The van der Waals surface area contributed by atoms with Gasteiger partial charge in [-0.1, -0.05) is 64.9 Å². The average molecular weight is 415 g/mol. The fourth-order valence-corrected chi connectivity index (χ4v) is 3.29. The van der Waals surface area contributed by atoms with E-state index in [-0.39, 0.29) is 11.6 Å². The smallest absolute Gasteiger partial charge is 0.343 e. The molecule has 0 atom stereocenters. The van der Waals surface area contributed by atoms with Gasteiger partial charge in [0.1, 0.15) is 17.3 Å². The summed E-state index contributed by atoms with van der Waals surface area (Å²) in [6.07, 6.45) is 11.1.